The highest BCUT2D eigenvalue weighted by Gasteiger charge is 2.19. The Labute approximate surface area is 418 Å². The Hall–Kier alpha value is -1.59. The summed E-state index contributed by atoms with van der Waals surface area (Å²) in [5.74, 6) is 0.863. The third-order valence-electron chi connectivity index (χ3n) is 14.3. The first-order valence-corrected chi connectivity index (χ1v) is 30.3. The van der Waals surface area contributed by atoms with Crippen molar-refractivity contribution in [2.45, 2.75) is 349 Å². The number of hydrogen-bond acceptors (Lipinski definition) is 6. The van der Waals surface area contributed by atoms with E-state index in [9.17, 15) is 14.4 Å². The number of carbonyl (C=O) groups is 3. The minimum absolute atomic E-state index is 0.0627. The van der Waals surface area contributed by atoms with E-state index >= 15 is 0 Å². The zero-order valence-corrected chi connectivity index (χ0v) is 46.0. The molecular formula is C61H118O6. The third-order valence-corrected chi connectivity index (χ3v) is 14.3. The summed E-state index contributed by atoms with van der Waals surface area (Å²) in [5, 5.41) is 0. The Morgan fingerprint density at radius 2 is 0.567 bits per heavy atom. The summed E-state index contributed by atoms with van der Waals surface area (Å²) < 4.78 is 16.9. The molecule has 0 spiro atoms. The molecule has 6 heteroatoms. The number of hydrogen-bond donors (Lipinski definition) is 0. The standard InChI is InChI=1S/C61H118O6/c1-6-8-9-10-11-12-13-14-15-16-17-22-25-28-31-38-43-48-53-61(64)67-58(55-66-60(63)52-47-42-37-33-32-35-40-45-50-57(5)7-2)54-65-59(62)51-46-41-36-30-27-24-21-19-18-20-23-26-29-34-39-44-49-56(3)4/h56-58H,6-55H2,1-5H3/t57?,58-/m1/s1. The molecule has 0 aliphatic heterocycles. The van der Waals surface area contributed by atoms with Crippen molar-refractivity contribution < 1.29 is 28.6 Å². The van der Waals surface area contributed by atoms with Crippen molar-refractivity contribution in [3.8, 4) is 0 Å². The number of ether oxygens (including phenoxy) is 3. The first kappa shape index (κ1) is 65.4. The van der Waals surface area contributed by atoms with E-state index in [0.29, 0.717) is 19.3 Å². The van der Waals surface area contributed by atoms with Crippen molar-refractivity contribution in [1.29, 1.82) is 0 Å². The number of esters is 3. The van der Waals surface area contributed by atoms with Gasteiger partial charge in [-0.1, -0.05) is 304 Å². The van der Waals surface area contributed by atoms with Gasteiger partial charge >= 0.3 is 17.9 Å². The van der Waals surface area contributed by atoms with Crippen LogP contribution in [0.25, 0.3) is 0 Å². The van der Waals surface area contributed by atoms with Crippen LogP contribution in [-0.4, -0.2) is 37.2 Å². The van der Waals surface area contributed by atoms with Crippen LogP contribution in [0.15, 0.2) is 0 Å². The molecule has 0 aromatic carbocycles. The van der Waals surface area contributed by atoms with Crippen LogP contribution in [0.4, 0.5) is 0 Å². The van der Waals surface area contributed by atoms with Crippen molar-refractivity contribution in [2.24, 2.45) is 11.8 Å². The quantitative estimate of drug-likeness (QED) is 0.0343. The number of carbonyl (C=O) groups excluding carboxylic acids is 3. The second-order valence-corrected chi connectivity index (χ2v) is 21.7. The van der Waals surface area contributed by atoms with Crippen LogP contribution in [0.3, 0.4) is 0 Å². The maximum atomic E-state index is 12.9. The van der Waals surface area contributed by atoms with Gasteiger partial charge in [-0.2, -0.15) is 0 Å². The second-order valence-electron chi connectivity index (χ2n) is 21.7. The van der Waals surface area contributed by atoms with E-state index < -0.39 is 6.10 Å². The molecule has 0 radical (unpaired) electrons. The fourth-order valence-corrected chi connectivity index (χ4v) is 9.37. The molecule has 398 valence electrons. The molecule has 0 aromatic rings. The fourth-order valence-electron chi connectivity index (χ4n) is 9.37. The fraction of sp³-hybridized carbons (Fsp3) is 0.951. The summed E-state index contributed by atoms with van der Waals surface area (Å²) in [6, 6.07) is 0. The van der Waals surface area contributed by atoms with E-state index in [1.54, 1.807) is 0 Å². The maximum Gasteiger partial charge on any atom is 0.306 e. The lowest BCUT2D eigenvalue weighted by Crippen LogP contribution is -2.30. The maximum absolute atomic E-state index is 12.9. The van der Waals surface area contributed by atoms with E-state index in [4.69, 9.17) is 14.2 Å². The monoisotopic (exact) mass is 947 g/mol. The van der Waals surface area contributed by atoms with Crippen LogP contribution < -0.4 is 0 Å². The van der Waals surface area contributed by atoms with Gasteiger partial charge in [0.2, 0.25) is 0 Å². The molecule has 1 unspecified atom stereocenters. The number of rotatable bonds is 55. The summed E-state index contributed by atoms with van der Waals surface area (Å²) in [6.07, 6.45) is 58.1. The molecular weight excluding hydrogens is 829 g/mol. The zero-order valence-electron chi connectivity index (χ0n) is 46.0. The average molecular weight is 948 g/mol. The van der Waals surface area contributed by atoms with Crippen LogP contribution in [0.1, 0.15) is 343 Å². The van der Waals surface area contributed by atoms with E-state index in [0.717, 1.165) is 69.6 Å². The molecule has 0 bridgehead atoms. The summed E-state index contributed by atoms with van der Waals surface area (Å²) in [6.45, 7) is 11.4. The molecule has 6 nitrogen and oxygen atoms in total. The molecule has 0 rings (SSSR count). The van der Waals surface area contributed by atoms with Crippen LogP contribution >= 0.6 is 0 Å². The van der Waals surface area contributed by atoms with Crippen molar-refractivity contribution in [2.75, 3.05) is 13.2 Å². The molecule has 0 aliphatic rings. The minimum atomic E-state index is -0.763. The van der Waals surface area contributed by atoms with Crippen molar-refractivity contribution in [1.82, 2.24) is 0 Å². The van der Waals surface area contributed by atoms with Crippen molar-refractivity contribution in [3.05, 3.63) is 0 Å². The highest BCUT2D eigenvalue weighted by Crippen LogP contribution is 2.19. The van der Waals surface area contributed by atoms with Gasteiger partial charge in [-0.25, -0.2) is 0 Å². The van der Waals surface area contributed by atoms with Gasteiger partial charge in [0.1, 0.15) is 13.2 Å². The Morgan fingerprint density at radius 1 is 0.313 bits per heavy atom. The molecule has 0 aromatic heterocycles. The molecule has 0 heterocycles. The molecule has 67 heavy (non-hydrogen) atoms. The van der Waals surface area contributed by atoms with Gasteiger partial charge in [0.05, 0.1) is 0 Å². The van der Waals surface area contributed by atoms with Gasteiger partial charge in [0.15, 0.2) is 6.10 Å². The molecule has 0 saturated heterocycles. The lowest BCUT2D eigenvalue weighted by Gasteiger charge is -2.18. The van der Waals surface area contributed by atoms with Crippen molar-refractivity contribution in [3.63, 3.8) is 0 Å². The summed E-state index contributed by atoms with van der Waals surface area (Å²) in [4.78, 5) is 38.2. The van der Waals surface area contributed by atoms with Gasteiger partial charge in [0, 0.05) is 19.3 Å². The second kappa shape index (κ2) is 53.8. The molecule has 0 aliphatic carbocycles. The third kappa shape index (κ3) is 53.6. The highest BCUT2D eigenvalue weighted by atomic mass is 16.6. The zero-order chi connectivity index (χ0) is 48.9. The minimum Gasteiger partial charge on any atom is -0.462 e. The Balaban J connectivity index is 4.26. The topological polar surface area (TPSA) is 78.9 Å². The Bertz CT molecular complexity index is 1030. The largest absolute Gasteiger partial charge is 0.462 e. The molecule has 2 atom stereocenters. The van der Waals surface area contributed by atoms with Crippen molar-refractivity contribution >= 4 is 17.9 Å². The van der Waals surface area contributed by atoms with Gasteiger partial charge in [-0.3, -0.25) is 14.4 Å². The molecule has 0 fully saturated rings. The predicted molar refractivity (Wildman–Crippen MR) is 289 cm³/mol. The highest BCUT2D eigenvalue weighted by molar-refractivity contribution is 5.71. The first-order valence-electron chi connectivity index (χ1n) is 30.3. The smallest absolute Gasteiger partial charge is 0.306 e. The average Bonchev–Trinajstić information content (AvgIpc) is 3.31. The lowest BCUT2D eigenvalue weighted by atomic mass is 9.99. The van der Waals surface area contributed by atoms with Gasteiger partial charge in [0.25, 0.3) is 0 Å². The first-order chi connectivity index (χ1) is 32.8. The van der Waals surface area contributed by atoms with Crippen LogP contribution in [0.5, 0.6) is 0 Å². The molecule has 0 saturated carbocycles. The molecule has 0 amide bonds. The Kier molecular flexibility index (Phi) is 52.5. The SMILES string of the molecule is CCCCCCCCCCCCCCCCCCCCC(=O)O[C@H](COC(=O)CCCCCCCCCCCCCCCCCCC(C)C)COC(=O)CCCCCCCCCCC(C)CC. The van der Waals surface area contributed by atoms with Crippen LogP contribution in [0.2, 0.25) is 0 Å². The van der Waals surface area contributed by atoms with Gasteiger partial charge in [-0.05, 0) is 31.1 Å². The van der Waals surface area contributed by atoms with E-state index in [2.05, 4.69) is 34.6 Å². The predicted octanol–water partition coefficient (Wildman–Crippen LogP) is 20.0. The van der Waals surface area contributed by atoms with E-state index in [-0.39, 0.29) is 31.1 Å². The lowest BCUT2D eigenvalue weighted by molar-refractivity contribution is -0.167. The summed E-state index contributed by atoms with van der Waals surface area (Å²) >= 11 is 0. The van der Waals surface area contributed by atoms with Gasteiger partial charge < -0.3 is 14.2 Å². The Morgan fingerprint density at radius 3 is 0.851 bits per heavy atom. The van der Waals surface area contributed by atoms with E-state index in [1.807, 2.05) is 0 Å². The normalized spacial score (nSPS) is 12.4. The van der Waals surface area contributed by atoms with Crippen LogP contribution in [0, 0.1) is 11.8 Å². The summed E-state index contributed by atoms with van der Waals surface area (Å²) in [5.41, 5.74) is 0. The summed E-state index contributed by atoms with van der Waals surface area (Å²) in [7, 11) is 0. The number of unbranched alkanes of at least 4 members (excludes halogenated alkanes) is 39. The molecule has 0 N–H and O–H groups in total. The van der Waals surface area contributed by atoms with Gasteiger partial charge in [-0.15, -0.1) is 0 Å². The van der Waals surface area contributed by atoms with E-state index in [1.165, 1.54) is 231 Å². The van der Waals surface area contributed by atoms with Crippen LogP contribution in [-0.2, 0) is 28.6 Å².